The SMILES string of the molecule is Cc1cc(C)n(-c2cc(Oc3ccc(NC(=O)C4(c5ccc(Cl)cc5)CCCC4)cc3)nc(C)n2)n1. The van der Waals surface area contributed by atoms with Crippen molar-refractivity contribution in [3.8, 4) is 17.4 Å². The van der Waals surface area contributed by atoms with Gasteiger partial charge in [-0.3, -0.25) is 4.79 Å². The lowest BCUT2D eigenvalue weighted by atomic mass is 9.78. The molecule has 0 unspecified atom stereocenters. The molecular weight excluding hydrogens is 474 g/mol. The number of hydrogen-bond donors (Lipinski definition) is 1. The maximum absolute atomic E-state index is 13.4. The van der Waals surface area contributed by atoms with Crippen LogP contribution in [0.4, 0.5) is 5.69 Å². The van der Waals surface area contributed by atoms with E-state index in [9.17, 15) is 4.79 Å². The number of aromatic nitrogens is 4. The van der Waals surface area contributed by atoms with E-state index in [-0.39, 0.29) is 5.91 Å². The number of aryl methyl sites for hydroxylation is 3. The zero-order chi connectivity index (χ0) is 25.3. The van der Waals surface area contributed by atoms with Gasteiger partial charge in [-0.1, -0.05) is 36.6 Å². The molecule has 0 radical (unpaired) electrons. The number of benzene rings is 2. The largest absolute Gasteiger partial charge is 0.439 e. The number of anilines is 1. The molecule has 7 nitrogen and oxygen atoms in total. The minimum Gasteiger partial charge on any atom is -0.439 e. The Labute approximate surface area is 215 Å². The van der Waals surface area contributed by atoms with E-state index < -0.39 is 5.41 Å². The summed E-state index contributed by atoms with van der Waals surface area (Å²) in [5.41, 5.74) is 3.10. The van der Waals surface area contributed by atoms with Crippen LogP contribution in [0.25, 0.3) is 5.82 Å². The summed E-state index contributed by atoms with van der Waals surface area (Å²) in [4.78, 5) is 22.3. The quantitative estimate of drug-likeness (QED) is 0.327. The van der Waals surface area contributed by atoms with E-state index >= 15 is 0 Å². The maximum atomic E-state index is 13.4. The second-order valence-corrected chi connectivity index (χ2v) is 9.76. The average Bonchev–Trinajstić information content (AvgIpc) is 3.47. The van der Waals surface area contributed by atoms with Gasteiger partial charge in [0.25, 0.3) is 0 Å². The number of ether oxygens (including phenoxy) is 1. The minimum atomic E-state index is -0.530. The number of nitrogens with zero attached hydrogens (tertiary/aromatic N) is 4. The summed E-state index contributed by atoms with van der Waals surface area (Å²) in [6, 6.07) is 18.7. The molecule has 2 aromatic heterocycles. The van der Waals surface area contributed by atoms with Crippen LogP contribution in [0.1, 0.15) is 48.5 Å². The zero-order valence-corrected chi connectivity index (χ0v) is 21.3. The van der Waals surface area contributed by atoms with Gasteiger partial charge in [-0.25, -0.2) is 9.67 Å². The molecule has 1 amide bonds. The van der Waals surface area contributed by atoms with E-state index in [1.165, 1.54) is 0 Å². The van der Waals surface area contributed by atoms with Crippen molar-refractivity contribution in [2.75, 3.05) is 5.32 Å². The summed E-state index contributed by atoms with van der Waals surface area (Å²) in [5, 5.41) is 8.28. The highest BCUT2D eigenvalue weighted by atomic mass is 35.5. The molecule has 8 heteroatoms. The number of amides is 1. The van der Waals surface area contributed by atoms with E-state index in [4.69, 9.17) is 16.3 Å². The van der Waals surface area contributed by atoms with Gasteiger partial charge in [0.2, 0.25) is 11.8 Å². The summed E-state index contributed by atoms with van der Waals surface area (Å²) >= 11 is 6.08. The molecule has 4 aromatic rings. The van der Waals surface area contributed by atoms with Gasteiger partial charge in [0.15, 0.2) is 5.82 Å². The summed E-state index contributed by atoms with van der Waals surface area (Å²) in [7, 11) is 0. The monoisotopic (exact) mass is 501 g/mol. The molecule has 1 saturated carbocycles. The molecule has 2 aromatic carbocycles. The van der Waals surface area contributed by atoms with E-state index in [0.29, 0.717) is 28.3 Å². The lowest BCUT2D eigenvalue weighted by Crippen LogP contribution is -2.37. The highest BCUT2D eigenvalue weighted by Gasteiger charge is 2.42. The number of rotatable bonds is 6. The number of halogens is 1. The topological polar surface area (TPSA) is 81.9 Å². The predicted molar refractivity (Wildman–Crippen MR) is 140 cm³/mol. The molecule has 2 heterocycles. The van der Waals surface area contributed by atoms with Crippen molar-refractivity contribution in [2.45, 2.75) is 51.9 Å². The third-order valence-corrected chi connectivity index (χ3v) is 6.90. The van der Waals surface area contributed by atoms with Gasteiger partial charge >= 0.3 is 0 Å². The number of carbonyl (C=O) groups excluding carboxylic acids is 1. The van der Waals surface area contributed by atoms with Gasteiger partial charge in [-0.15, -0.1) is 0 Å². The first kappa shape index (κ1) is 24.0. The molecule has 0 aliphatic heterocycles. The predicted octanol–water partition coefficient (Wildman–Crippen LogP) is 6.48. The molecule has 1 fully saturated rings. The lowest BCUT2D eigenvalue weighted by molar-refractivity contribution is -0.121. The van der Waals surface area contributed by atoms with Crippen LogP contribution >= 0.6 is 11.6 Å². The van der Waals surface area contributed by atoms with Crippen LogP contribution in [-0.2, 0) is 10.2 Å². The first-order chi connectivity index (χ1) is 17.3. The second kappa shape index (κ2) is 9.74. The van der Waals surface area contributed by atoms with Crippen LogP contribution < -0.4 is 10.1 Å². The highest BCUT2D eigenvalue weighted by Crippen LogP contribution is 2.42. The van der Waals surface area contributed by atoms with Crippen molar-refractivity contribution in [1.82, 2.24) is 19.7 Å². The molecule has 1 aliphatic rings. The number of carbonyl (C=O) groups is 1. The lowest BCUT2D eigenvalue weighted by Gasteiger charge is -2.28. The van der Waals surface area contributed by atoms with Gasteiger partial charge in [0, 0.05) is 22.5 Å². The summed E-state index contributed by atoms with van der Waals surface area (Å²) < 4.78 is 7.78. The summed E-state index contributed by atoms with van der Waals surface area (Å²) in [6.45, 7) is 5.74. The number of hydrogen-bond acceptors (Lipinski definition) is 5. The van der Waals surface area contributed by atoms with Crippen LogP contribution in [0.2, 0.25) is 5.02 Å². The fourth-order valence-corrected chi connectivity index (χ4v) is 5.04. The Morgan fingerprint density at radius 3 is 2.31 bits per heavy atom. The van der Waals surface area contributed by atoms with Crippen LogP contribution in [0.15, 0.2) is 60.7 Å². The molecule has 0 saturated heterocycles. The Bertz CT molecular complexity index is 1390. The fraction of sp³-hybridized carbons (Fsp3) is 0.286. The molecule has 1 N–H and O–H groups in total. The highest BCUT2D eigenvalue weighted by molar-refractivity contribution is 6.30. The molecule has 0 spiro atoms. The second-order valence-electron chi connectivity index (χ2n) is 9.33. The average molecular weight is 502 g/mol. The van der Waals surface area contributed by atoms with E-state index in [1.54, 1.807) is 10.7 Å². The Balaban J connectivity index is 1.32. The maximum Gasteiger partial charge on any atom is 0.235 e. The van der Waals surface area contributed by atoms with Gasteiger partial charge < -0.3 is 10.1 Å². The Morgan fingerprint density at radius 1 is 0.972 bits per heavy atom. The van der Waals surface area contributed by atoms with E-state index in [1.807, 2.05) is 75.4 Å². The van der Waals surface area contributed by atoms with Crippen LogP contribution in [0.3, 0.4) is 0 Å². The molecular formula is C28H28ClN5O2. The Morgan fingerprint density at radius 2 is 1.67 bits per heavy atom. The molecule has 5 rings (SSSR count). The van der Waals surface area contributed by atoms with Crippen molar-refractivity contribution < 1.29 is 9.53 Å². The minimum absolute atomic E-state index is 0.0111. The standard InChI is InChI=1S/C28H28ClN5O2/c1-18-16-19(2)34(33-18)25-17-26(31-20(3)30-25)36-24-12-10-23(11-13-24)32-27(35)28(14-4-5-15-28)21-6-8-22(29)9-7-21/h6-13,16-17H,4-5,14-15H2,1-3H3,(H,32,35). The molecule has 1 aliphatic carbocycles. The smallest absolute Gasteiger partial charge is 0.235 e. The van der Waals surface area contributed by atoms with Crippen LogP contribution in [-0.4, -0.2) is 25.7 Å². The van der Waals surface area contributed by atoms with Crippen molar-refractivity contribution >= 4 is 23.2 Å². The first-order valence-corrected chi connectivity index (χ1v) is 12.4. The Hall–Kier alpha value is -3.71. The van der Waals surface area contributed by atoms with Gasteiger partial charge in [-0.2, -0.15) is 10.1 Å². The first-order valence-electron chi connectivity index (χ1n) is 12.1. The Kier molecular flexibility index (Phi) is 6.49. The normalized spacial score (nSPS) is 14.6. The van der Waals surface area contributed by atoms with Gasteiger partial charge in [-0.05, 0) is 81.6 Å². The summed E-state index contributed by atoms with van der Waals surface area (Å²) in [6.07, 6.45) is 3.71. The molecule has 184 valence electrons. The molecule has 0 atom stereocenters. The van der Waals surface area contributed by atoms with Gasteiger partial charge in [0.05, 0.1) is 11.1 Å². The van der Waals surface area contributed by atoms with Crippen molar-refractivity contribution in [1.29, 1.82) is 0 Å². The third-order valence-electron chi connectivity index (χ3n) is 6.65. The summed E-state index contributed by atoms with van der Waals surface area (Å²) in [5.74, 6) is 2.28. The molecule has 0 bridgehead atoms. The fourth-order valence-electron chi connectivity index (χ4n) is 4.92. The molecule has 36 heavy (non-hydrogen) atoms. The van der Waals surface area contributed by atoms with Crippen LogP contribution in [0.5, 0.6) is 11.6 Å². The van der Waals surface area contributed by atoms with E-state index in [0.717, 1.165) is 48.3 Å². The van der Waals surface area contributed by atoms with Crippen molar-refractivity contribution in [2.24, 2.45) is 0 Å². The van der Waals surface area contributed by atoms with Crippen molar-refractivity contribution in [3.05, 3.63) is 88.5 Å². The zero-order valence-electron chi connectivity index (χ0n) is 20.6. The van der Waals surface area contributed by atoms with E-state index in [2.05, 4.69) is 20.4 Å². The number of nitrogens with one attached hydrogen (secondary N) is 1. The van der Waals surface area contributed by atoms with Crippen molar-refractivity contribution in [3.63, 3.8) is 0 Å². The third kappa shape index (κ3) is 4.84. The van der Waals surface area contributed by atoms with Crippen LogP contribution in [0, 0.1) is 20.8 Å². The van der Waals surface area contributed by atoms with Gasteiger partial charge in [0.1, 0.15) is 11.6 Å².